The van der Waals surface area contributed by atoms with Crippen LogP contribution in [-0.2, 0) is 14.3 Å². The van der Waals surface area contributed by atoms with Crippen LogP contribution in [0.25, 0.3) is 0 Å². The van der Waals surface area contributed by atoms with Gasteiger partial charge in [0.15, 0.2) is 0 Å². The van der Waals surface area contributed by atoms with Crippen LogP contribution < -0.4 is 5.32 Å². The van der Waals surface area contributed by atoms with Gasteiger partial charge in [0.2, 0.25) is 5.91 Å². The average Bonchev–Trinajstić information content (AvgIpc) is 3.05. The van der Waals surface area contributed by atoms with Crippen molar-refractivity contribution in [2.24, 2.45) is 5.92 Å². The Kier molecular flexibility index (Phi) is 7.86. The molecular formula is C18H31NO4. The molecule has 0 aliphatic heterocycles. The standard InChI is InChI=1S/C18H31NO4/c20-17(13-23-16-8-4-5-9-16)19-15(10-11-18(21)22)12-14-6-2-1-3-7-14/h14-16H,1-13H2,(H,19,20)(H,21,22). The maximum atomic E-state index is 12.1. The summed E-state index contributed by atoms with van der Waals surface area (Å²) in [6.45, 7) is 0.110. The highest BCUT2D eigenvalue weighted by Crippen LogP contribution is 2.28. The van der Waals surface area contributed by atoms with Crippen molar-refractivity contribution in [1.82, 2.24) is 5.32 Å². The summed E-state index contributed by atoms with van der Waals surface area (Å²) in [5, 5.41) is 11.9. The Morgan fingerprint density at radius 1 is 1.04 bits per heavy atom. The van der Waals surface area contributed by atoms with Crippen molar-refractivity contribution in [2.45, 2.75) is 89.2 Å². The van der Waals surface area contributed by atoms with Gasteiger partial charge in [0, 0.05) is 12.5 Å². The zero-order chi connectivity index (χ0) is 16.5. The molecule has 0 saturated heterocycles. The molecule has 2 aliphatic carbocycles. The fraction of sp³-hybridized carbons (Fsp3) is 0.889. The molecule has 1 amide bonds. The Balaban J connectivity index is 1.74. The number of carboxylic acids is 1. The molecule has 2 aliphatic rings. The normalized spacial score (nSPS) is 21.2. The molecule has 0 radical (unpaired) electrons. The topological polar surface area (TPSA) is 75.6 Å². The molecule has 1 unspecified atom stereocenters. The van der Waals surface area contributed by atoms with Crippen molar-refractivity contribution in [3.8, 4) is 0 Å². The first-order chi connectivity index (χ1) is 11.1. The van der Waals surface area contributed by atoms with Gasteiger partial charge in [-0.3, -0.25) is 9.59 Å². The van der Waals surface area contributed by atoms with Gasteiger partial charge in [-0.05, 0) is 31.6 Å². The molecule has 5 heteroatoms. The van der Waals surface area contributed by atoms with Gasteiger partial charge < -0.3 is 15.2 Å². The lowest BCUT2D eigenvalue weighted by atomic mass is 9.84. The van der Waals surface area contributed by atoms with E-state index in [0.29, 0.717) is 12.3 Å². The fourth-order valence-corrected chi connectivity index (χ4v) is 3.89. The summed E-state index contributed by atoms with van der Waals surface area (Å²) in [6.07, 6.45) is 12.5. The van der Waals surface area contributed by atoms with Crippen LogP contribution in [0.5, 0.6) is 0 Å². The van der Waals surface area contributed by atoms with E-state index >= 15 is 0 Å². The molecular weight excluding hydrogens is 294 g/mol. The molecule has 5 nitrogen and oxygen atoms in total. The number of rotatable bonds is 9. The zero-order valence-electron chi connectivity index (χ0n) is 14.1. The van der Waals surface area contributed by atoms with Gasteiger partial charge in [-0.15, -0.1) is 0 Å². The van der Waals surface area contributed by atoms with E-state index in [1.807, 2.05) is 0 Å². The van der Waals surface area contributed by atoms with Crippen molar-refractivity contribution in [3.05, 3.63) is 0 Å². The van der Waals surface area contributed by atoms with Crippen molar-refractivity contribution < 1.29 is 19.4 Å². The maximum Gasteiger partial charge on any atom is 0.303 e. The summed E-state index contributed by atoms with van der Waals surface area (Å²) in [5.41, 5.74) is 0. The summed E-state index contributed by atoms with van der Waals surface area (Å²) < 4.78 is 5.65. The molecule has 1 atom stereocenters. The van der Waals surface area contributed by atoms with E-state index in [1.165, 1.54) is 44.9 Å². The Bertz CT molecular complexity index is 373. The molecule has 0 bridgehead atoms. The summed E-state index contributed by atoms with van der Waals surface area (Å²) >= 11 is 0. The highest BCUT2D eigenvalue weighted by molar-refractivity contribution is 5.77. The monoisotopic (exact) mass is 325 g/mol. The van der Waals surface area contributed by atoms with Crippen LogP contribution in [-0.4, -0.2) is 35.7 Å². The van der Waals surface area contributed by atoms with E-state index in [0.717, 1.165) is 19.3 Å². The van der Waals surface area contributed by atoms with Crippen molar-refractivity contribution in [3.63, 3.8) is 0 Å². The number of ether oxygens (including phenoxy) is 1. The fourth-order valence-electron chi connectivity index (χ4n) is 3.89. The Hall–Kier alpha value is -1.10. The third-order valence-electron chi connectivity index (χ3n) is 5.17. The minimum Gasteiger partial charge on any atom is -0.481 e. The second-order valence-electron chi connectivity index (χ2n) is 7.15. The Morgan fingerprint density at radius 3 is 2.35 bits per heavy atom. The van der Waals surface area contributed by atoms with Crippen LogP contribution >= 0.6 is 0 Å². The van der Waals surface area contributed by atoms with E-state index < -0.39 is 5.97 Å². The van der Waals surface area contributed by atoms with Gasteiger partial charge in [0.25, 0.3) is 0 Å². The van der Waals surface area contributed by atoms with E-state index in [-0.39, 0.29) is 31.1 Å². The van der Waals surface area contributed by atoms with Crippen LogP contribution in [0.15, 0.2) is 0 Å². The van der Waals surface area contributed by atoms with Gasteiger partial charge in [0.1, 0.15) is 6.61 Å². The predicted molar refractivity (Wildman–Crippen MR) is 88.2 cm³/mol. The molecule has 2 rings (SSSR count). The summed E-state index contributed by atoms with van der Waals surface area (Å²) in [6, 6.07) is -0.0334. The summed E-state index contributed by atoms with van der Waals surface area (Å²) in [7, 11) is 0. The molecule has 0 aromatic carbocycles. The van der Waals surface area contributed by atoms with Crippen molar-refractivity contribution in [1.29, 1.82) is 0 Å². The first kappa shape index (κ1) is 18.2. The molecule has 23 heavy (non-hydrogen) atoms. The second-order valence-corrected chi connectivity index (χ2v) is 7.15. The number of aliphatic carboxylic acids is 1. The lowest BCUT2D eigenvalue weighted by molar-refractivity contribution is -0.137. The summed E-state index contributed by atoms with van der Waals surface area (Å²) in [5.74, 6) is -0.267. The predicted octanol–water partition coefficient (Wildman–Crippen LogP) is 3.27. The smallest absolute Gasteiger partial charge is 0.303 e. The van der Waals surface area contributed by atoms with Crippen molar-refractivity contribution in [2.75, 3.05) is 6.61 Å². The van der Waals surface area contributed by atoms with Crippen LogP contribution in [0.4, 0.5) is 0 Å². The number of carboxylic acid groups (broad SMARTS) is 1. The SMILES string of the molecule is O=C(O)CCC(CC1CCCCC1)NC(=O)COC1CCCC1. The molecule has 2 fully saturated rings. The van der Waals surface area contributed by atoms with Crippen LogP contribution in [0.3, 0.4) is 0 Å². The van der Waals surface area contributed by atoms with Crippen LogP contribution in [0, 0.1) is 5.92 Å². The van der Waals surface area contributed by atoms with Crippen molar-refractivity contribution >= 4 is 11.9 Å². The van der Waals surface area contributed by atoms with E-state index in [1.54, 1.807) is 0 Å². The molecule has 2 N–H and O–H groups in total. The lowest BCUT2D eigenvalue weighted by Crippen LogP contribution is -2.39. The Morgan fingerprint density at radius 2 is 1.70 bits per heavy atom. The second kappa shape index (κ2) is 9.91. The average molecular weight is 325 g/mol. The minimum absolute atomic E-state index is 0.0334. The van der Waals surface area contributed by atoms with E-state index in [9.17, 15) is 9.59 Å². The van der Waals surface area contributed by atoms with Gasteiger partial charge in [-0.2, -0.15) is 0 Å². The first-order valence-electron chi connectivity index (χ1n) is 9.26. The molecule has 0 spiro atoms. The van der Waals surface area contributed by atoms with Crippen LogP contribution in [0.1, 0.15) is 77.0 Å². The van der Waals surface area contributed by atoms with Crippen LogP contribution in [0.2, 0.25) is 0 Å². The molecule has 0 aromatic rings. The first-order valence-corrected chi connectivity index (χ1v) is 9.26. The third-order valence-corrected chi connectivity index (χ3v) is 5.17. The Labute approximate surface area is 139 Å². The number of amides is 1. The molecule has 2 saturated carbocycles. The molecule has 0 heterocycles. The third kappa shape index (κ3) is 7.34. The number of hydrogen-bond acceptors (Lipinski definition) is 3. The minimum atomic E-state index is -0.796. The number of nitrogens with one attached hydrogen (secondary N) is 1. The number of hydrogen-bond donors (Lipinski definition) is 2. The van der Waals surface area contributed by atoms with E-state index in [2.05, 4.69) is 5.32 Å². The summed E-state index contributed by atoms with van der Waals surface area (Å²) in [4.78, 5) is 23.0. The lowest BCUT2D eigenvalue weighted by Gasteiger charge is -2.27. The van der Waals surface area contributed by atoms with Gasteiger partial charge in [0.05, 0.1) is 6.10 Å². The van der Waals surface area contributed by atoms with E-state index in [4.69, 9.17) is 9.84 Å². The maximum absolute atomic E-state index is 12.1. The van der Waals surface area contributed by atoms with Gasteiger partial charge in [-0.1, -0.05) is 44.9 Å². The molecule has 0 aromatic heterocycles. The van der Waals surface area contributed by atoms with Gasteiger partial charge in [-0.25, -0.2) is 0 Å². The number of carbonyl (C=O) groups excluding carboxylic acids is 1. The highest BCUT2D eigenvalue weighted by Gasteiger charge is 2.22. The molecule has 132 valence electrons. The largest absolute Gasteiger partial charge is 0.481 e. The zero-order valence-corrected chi connectivity index (χ0v) is 14.1. The van der Waals surface area contributed by atoms with Gasteiger partial charge >= 0.3 is 5.97 Å². The number of carbonyl (C=O) groups is 2. The highest BCUT2D eigenvalue weighted by atomic mass is 16.5. The quantitative estimate of drug-likeness (QED) is 0.682.